The van der Waals surface area contributed by atoms with E-state index in [4.69, 9.17) is 19.3 Å². The van der Waals surface area contributed by atoms with Crippen LogP contribution in [0.5, 0.6) is 0 Å². The van der Waals surface area contributed by atoms with Crippen LogP contribution in [0.2, 0.25) is 0 Å². The summed E-state index contributed by atoms with van der Waals surface area (Å²) in [5.41, 5.74) is 0. The molecule has 2 aliphatic rings. The van der Waals surface area contributed by atoms with Gasteiger partial charge in [-0.25, -0.2) is 0 Å². The Balaban J connectivity index is 2.11. The van der Waals surface area contributed by atoms with Gasteiger partial charge >= 0.3 is 0 Å². The molecule has 4 unspecified atom stereocenters. The highest BCUT2D eigenvalue weighted by atomic mass is 79.9. The third-order valence-corrected chi connectivity index (χ3v) is 4.93. The van der Waals surface area contributed by atoms with E-state index in [-0.39, 0.29) is 0 Å². The smallest absolute Gasteiger partial charge is 0.187 e. The zero-order valence-corrected chi connectivity index (χ0v) is 13.5. The number of hydrogen-bond acceptors (Lipinski definition) is 10. The van der Waals surface area contributed by atoms with Crippen LogP contribution in [0, 0.1) is 0 Å². The molecule has 7 N–H and O–H groups in total. The lowest BCUT2D eigenvalue weighted by Crippen LogP contribution is -2.63. The first-order chi connectivity index (χ1) is 10.8. The topological polar surface area (TPSA) is 169 Å². The van der Waals surface area contributed by atoms with Crippen molar-refractivity contribution in [2.75, 3.05) is 13.2 Å². The molecule has 0 spiro atoms. The van der Waals surface area contributed by atoms with E-state index in [0.29, 0.717) is 0 Å². The second kappa shape index (κ2) is 7.97. The molecule has 0 aromatic carbocycles. The first-order valence-electron chi connectivity index (χ1n) is 7.04. The zero-order valence-electron chi connectivity index (χ0n) is 11.9. The zero-order chi connectivity index (χ0) is 17.3. The van der Waals surface area contributed by atoms with Crippen LogP contribution in [-0.4, -0.2) is 109 Å². The van der Waals surface area contributed by atoms with Gasteiger partial charge in [-0.1, -0.05) is 15.9 Å². The van der Waals surface area contributed by atoms with E-state index in [1.807, 2.05) is 0 Å². The van der Waals surface area contributed by atoms with Crippen LogP contribution < -0.4 is 0 Å². The number of halogens is 1. The summed E-state index contributed by atoms with van der Waals surface area (Å²) in [6.45, 7) is -1.21. The van der Waals surface area contributed by atoms with Crippen LogP contribution in [-0.2, 0) is 14.2 Å². The minimum atomic E-state index is -1.65. The first kappa shape index (κ1) is 19.4. The molecule has 10 atom stereocenters. The molecule has 2 aliphatic heterocycles. The van der Waals surface area contributed by atoms with Crippen LogP contribution in [0.4, 0.5) is 0 Å². The van der Waals surface area contributed by atoms with Crippen molar-refractivity contribution in [3.05, 3.63) is 0 Å². The van der Waals surface area contributed by atoms with Crippen LogP contribution in [0.1, 0.15) is 0 Å². The molecule has 0 aromatic heterocycles. The quantitative estimate of drug-likeness (QED) is 0.229. The summed E-state index contributed by atoms with van der Waals surface area (Å²) >= 11 is 3.02. The third-order valence-electron chi connectivity index (χ3n) is 3.94. The Kier molecular flexibility index (Phi) is 6.73. The van der Waals surface area contributed by atoms with Gasteiger partial charge in [-0.15, -0.1) is 0 Å². The Labute approximate surface area is 140 Å². The van der Waals surface area contributed by atoms with Gasteiger partial charge in [0, 0.05) is 0 Å². The minimum absolute atomic E-state index is 0.587. The summed E-state index contributed by atoms with van der Waals surface area (Å²) in [6.07, 6.45) is -12.5. The fourth-order valence-corrected chi connectivity index (χ4v) is 2.98. The Morgan fingerprint density at radius 2 is 1.39 bits per heavy atom. The summed E-state index contributed by atoms with van der Waals surface area (Å²) in [7, 11) is 0. The lowest BCUT2D eigenvalue weighted by atomic mass is 9.98. The van der Waals surface area contributed by atoms with Gasteiger partial charge in [0.05, 0.1) is 18.0 Å². The average Bonchev–Trinajstić information content (AvgIpc) is 2.55. The van der Waals surface area contributed by atoms with Gasteiger partial charge in [0.2, 0.25) is 0 Å². The van der Waals surface area contributed by atoms with Gasteiger partial charge in [-0.3, -0.25) is 0 Å². The number of alkyl halides is 1. The van der Waals surface area contributed by atoms with Crippen molar-refractivity contribution < 1.29 is 50.0 Å². The van der Waals surface area contributed by atoms with Crippen molar-refractivity contribution in [2.24, 2.45) is 0 Å². The predicted molar refractivity (Wildman–Crippen MR) is 75.3 cm³/mol. The van der Waals surface area contributed by atoms with Gasteiger partial charge in [0.15, 0.2) is 12.6 Å². The highest BCUT2D eigenvalue weighted by molar-refractivity contribution is 9.09. The summed E-state index contributed by atoms with van der Waals surface area (Å²) in [6, 6.07) is 0. The fourth-order valence-electron chi connectivity index (χ4n) is 2.55. The van der Waals surface area contributed by atoms with Crippen molar-refractivity contribution >= 4 is 15.9 Å². The maximum Gasteiger partial charge on any atom is 0.187 e. The summed E-state index contributed by atoms with van der Waals surface area (Å²) in [4.78, 5) is -0.916. The van der Waals surface area contributed by atoms with Gasteiger partial charge in [0.1, 0.15) is 42.7 Å². The lowest BCUT2D eigenvalue weighted by molar-refractivity contribution is -0.340. The average molecular weight is 405 g/mol. The van der Waals surface area contributed by atoms with Gasteiger partial charge in [0.25, 0.3) is 0 Å². The summed E-state index contributed by atoms with van der Waals surface area (Å²) < 4.78 is 15.7. The molecule has 2 rings (SSSR count). The number of aliphatic hydroxyl groups excluding tert-OH is 7. The van der Waals surface area contributed by atoms with Crippen LogP contribution in [0.3, 0.4) is 0 Å². The largest absolute Gasteiger partial charge is 0.394 e. The number of hydrogen-bond donors (Lipinski definition) is 7. The second-order valence-electron chi connectivity index (χ2n) is 5.48. The highest BCUT2D eigenvalue weighted by Crippen LogP contribution is 2.30. The molecule has 0 aliphatic carbocycles. The molecule has 2 fully saturated rings. The Morgan fingerprint density at radius 1 is 0.783 bits per heavy atom. The molecule has 0 bridgehead atoms. The molecule has 11 heteroatoms. The van der Waals surface area contributed by atoms with Crippen molar-refractivity contribution in [1.29, 1.82) is 0 Å². The van der Waals surface area contributed by atoms with E-state index >= 15 is 0 Å². The first-order valence-corrected chi connectivity index (χ1v) is 7.95. The Morgan fingerprint density at radius 3 is 1.96 bits per heavy atom. The molecule has 23 heavy (non-hydrogen) atoms. The third kappa shape index (κ3) is 3.85. The lowest BCUT2D eigenvalue weighted by Gasteiger charge is -2.45. The van der Waals surface area contributed by atoms with Gasteiger partial charge in [-0.05, 0) is 0 Å². The van der Waals surface area contributed by atoms with Crippen molar-refractivity contribution in [1.82, 2.24) is 0 Å². The predicted octanol–water partition coefficient (Wildman–Crippen LogP) is -3.99. The Bertz CT molecular complexity index is 383. The van der Waals surface area contributed by atoms with E-state index in [9.17, 15) is 30.6 Å². The molecular formula is C12H21BrO10. The molecule has 0 aromatic rings. The van der Waals surface area contributed by atoms with Crippen molar-refractivity contribution in [3.8, 4) is 0 Å². The minimum Gasteiger partial charge on any atom is -0.394 e. The monoisotopic (exact) mass is 404 g/mol. The molecule has 2 heterocycles. The van der Waals surface area contributed by atoms with Gasteiger partial charge < -0.3 is 50.0 Å². The normalized spacial score (nSPS) is 51.7. The van der Waals surface area contributed by atoms with E-state index in [2.05, 4.69) is 15.9 Å². The van der Waals surface area contributed by atoms with Crippen molar-refractivity contribution in [2.45, 2.75) is 60.1 Å². The Hall–Kier alpha value is 0.0800. The standard InChI is InChI=1S/C12H21BrO10/c13-5-7(17)10(4(2-15)21-11(5)20)23-12-9(19)8(18)6(16)3(1-14)22-12/h3-12,14-20H,1-2H2/t3?,4?,5-,6+,7-,8+,9+,10+,11?,12?/m1/s1. The van der Waals surface area contributed by atoms with Crippen molar-refractivity contribution in [3.63, 3.8) is 0 Å². The number of rotatable bonds is 4. The van der Waals surface area contributed by atoms with E-state index < -0.39 is 73.3 Å². The van der Waals surface area contributed by atoms with Crippen LogP contribution in [0.25, 0.3) is 0 Å². The SMILES string of the molecule is OCC1OC(O[C@H]2C(CO)OC(O)[C@H](Br)[C@H]2O)[C@@H](O)[C@@H](O)[C@H]1O. The summed E-state index contributed by atoms with van der Waals surface area (Å²) in [5.74, 6) is 0. The molecule has 10 nitrogen and oxygen atoms in total. The maximum absolute atomic E-state index is 10.1. The van der Waals surface area contributed by atoms with E-state index in [1.165, 1.54) is 0 Å². The van der Waals surface area contributed by atoms with Gasteiger partial charge in [-0.2, -0.15) is 0 Å². The number of ether oxygens (including phenoxy) is 3. The highest BCUT2D eigenvalue weighted by Gasteiger charge is 2.49. The molecule has 0 radical (unpaired) electrons. The second-order valence-corrected chi connectivity index (χ2v) is 6.54. The van der Waals surface area contributed by atoms with Crippen LogP contribution in [0.15, 0.2) is 0 Å². The van der Waals surface area contributed by atoms with E-state index in [0.717, 1.165) is 0 Å². The molecule has 136 valence electrons. The molecule has 2 saturated heterocycles. The molecule has 0 saturated carbocycles. The van der Waals surface area contributed by atoms with Crippen LogP contribution >= 0.6 is 15.9 Å². The maximum atomic E-state index is 10.1. The number of aliphatic hydroxyl groups is 7. The van der Waals surface area contributed by atoms with E-state index in [1.54, 1.807) is 0 Å². The summed E-state index contributed by atoms with van der Waals surface area (Å²) in [5, 5.41) is 67.5. The molecular weight excluding hydrogens is 384 g/mol. The molecule has 0 amide bonds. The fraction of sp³-hybridized carbons (Fsp3) is 1.00.